The SMILES string of the molecule is CCOC(=O)/C=C(\[O-])C12CC3CC(CC(C3)C1)C2.CCOC(=O)/C=C(\[O-])C12CC3CC(CC(C3)C1)C2.CC[O-].CC[O-].[Ti+4]. The van der Waals surface area contributed by atoms with Gasteiger partial charge < -0.3 is 29.9 Å². The van der Waals surface area contributed by atoms with Crippen LogP contribution in [0.15, 0.2) is 23.7 Å². The van der Waals surface area contributed by atoms with Gasteiger partial charge in [-0.25, -0.2) is 9.59 Å². The molecule has 8 saturated carbocycles. The van der Waals surface area contributed by atoms with Gasteiger partial charge in [-0.2, -0.15) is 0 Å². The van der Waals surface area contributed by atoms with Gasteiger partial charge in [0.2, 0.25) is 0 Å². The van der Waals surface area contributed by atoms with Crippen LogP contribution < -0.4 is 20.4 Å². The smallest absolute Gasteiger partial charge is 0.875 e. The molecule has 0 aromatic rings. The van der Waals surface area contributed by atoms with E-state index in [0.717, 1.165) is 74.0 Å². The Labute approximate surface area is 273 Å². The number of rotatable bonds is 6. The number of ether oxygens (including phenoxy) is 2. The van der Waals surface area contributed by atoms with Crippen LogP contribution in [-0.2, 0) is 40.8 Å². The summed E-state index contributed by atoms with van der Waals surface area (Å²) in [7, 11) is 0. The molecular formula is C34H52O8Ti. The Balaban J connectivity index is 0.000000249. The molecule has 0 spiro atoms. The predicted octanol–water partition coefficient (Wildman–Crippen LogP) is 2.75. The van der Waals surface area contributed by atoms with Crippen LogP contribution in [0.25, 0.3) is 0 Å². The molecule has 8 aliphatic carbocycles. The van der Waals surface area contributed by atoms with Gasteiger partial charge in [-0.3, -0.25) is 0 Å². The second kappa shape index (κ2) is 17.4. The van der Waals surface area contributed by atoms with Crippen molar-refractivity contribution in [2.45, 2.75) is 105 Å². The van der Waals surface area contributed by atoms with Crippen molar-refractivity contribution in [3.05, 3.63) is 23.7 Å². The van der Waals surface area contributed by atoms with Crippen molar-refractivity contribution >= 4 is 11.9 Å². The summed E-state index contributed by atoms with van der Waals surface area (Å²) in [4.78, 5) is 22.9. The molecule has 0 aliphatic heterocycles. The standard InChI is InChI=1S/2C15H22O3.2C2H5O.Ti/c2*1-2-18-14(17)6-13(16)15-7-10-3-11(8-15)5-12(4-10)9-15;2*1-2-3;/h2*6,10-12,16H,2-5,7-9H2,1H3;2*2H2,1H3;/q;;2*-1;+4/p-2/b2*13-6-;;;. The van der Waals surface area contributed by atoms with Crippen molar-refractivity contribution in [1.82, 2.24) is 0 Å². The molecular weight excluding hydrogens is 584 g/mol. The molecule has 0 aromatic heterocycles. The maximum absolute atomic E-state index is 12.4. The third kappa shape index (κ3) is 9.82. The molecule has 0 amide bonds. The van der Waals surface area contributed by atoms with Gasteiger partial charge in [-0.1, -0.05) is 13.8 Å². The molecule has 0 saturated heterocycles. The second-order valence-electron chi connectivity index (χ2n) is 13.5. The Morgan fingerprint density at radius 1 is 0.581 bits per heavy atom. The first-order valence-electron chi connectivity index (χ1n) is 16.3. The van der Waals surface area contributed by atoms with E-state index in [4.69, 9.17) is 19.7 Å². The molecule has 0 atom stereocenters. The molecule has 0 radical (unpaired) electrons. The third-order valence-corrected chi connectivity index (χ3v) is 10.2. The molecule has 8 fully saturated rings. The van der Waals surface area contributed by atoms with Crippen LogP contribution in [0.5, 0.6) is 0 Å². The molecule has 8 rings (SSSR count). The van der Waals surface area contributed by atoms with E-state index in [0.29, 0.717) is 13.2 Å². The van der Waals surface area contributed by atoms with Crippen LogP contribution in [0.3, 0.4) is 0 Å². The van der Waals surface area contributed by atoms with Crippen LogP contribution in [0, 0.1) is 46.3 Å². The average molecular weight is 637 g/mol. The van der Waals surface area contributed by atoms with E-state index in [2.05, 4.69) is 0 Å². The summed E-state index contributed by atoms with van der Waals surface area (Å²) in [6, 6.07) is 0. The van der Waals surface area contributed by atoms with Gasteiger partial charge in [0.1, 0.15) is 0 Å². The van der Waals surface area contributed by atoms with E-state index in [9.17, 15) is 19.8 Å². The number of allylic oxidation sites excluding steroid dienone is 2. The fourth-order valence-electron chi connectivity index (χ4n) is 9.71. The first-order valence-corrected chi connectivity index (χ1v) is 16.3. The molecule has 240 valence electrons. The number of esters is 2. The van der Waals surface area contributed by atoms with Crippen molar-refractivity contribution in [3.63, 3.8) is 0 Å². The van der Waals surface area contributed by atoms with Gasteiger partial charge in [0, 0.05) is 12.2 Å². The van der Waals surface area contributed by atoms with E-state index in [1.165, 1.54) is 50.7 Å². The number of hydrogen-bond donors (Lipinski definition) is 0. The van der Waals surface area contributed by atoms with E-state index >= 15 is 0 Å². The zero-order chi connectivity index (χ0) is 30.9. The summed E-state index contributed by atoms with van der Waals surface area (Å²) in [5.41, 5.74) is -0.414. The maximum Gasteiger partial charge on any atom is 4.00 e. The molecule has 8 bridgehead atoms. The van der Waals surface area contributed by atoms with Crippen molar-refractivity contribution in [1.29, 1.82) is 0 Å². The molecule has 43 heavy (non-hydrogen) atoms. The zero-order valence-electron chi connectivity index (χ0n) is 26.7. The summed E-state index contributed by atoms with van der Waals surface area (Å²) >= 11 is 0. The minimum absolute atomic E-state index is 0. The Bertz CT molecular complexity index is 811. The van der Waals surface area contributed by atoms with Crippen LogP contribution in [-0.4, -0.2) is 38.4 Å². The monoisotopic (exact) mass is 636 g/mol. The van der Waals surface area contributed by atoms with Crippen LogP contribution in [0.1, 0.15) is 105 Å². The van der Waals surface area contributed by atoms with Crippen molar-refractivity contribution in [3.8, 4) is 0 Å². The Morgan fingerprint density at radius 2 is 0.791 bits per heavy atom. The van der Waals surface area contributed by atoms with Crippen LogP contribution >= 0.6 is 0 Å². The second-order valence-corrected chi connectivity index (χ2v) is 13.5. The van der Waals surface area contributed by atoms with Gasteiger partial charge in [0.25, 0.3) is 0 Å². The quantitative estimate of drug-likeness (QED) is 0.187. The van der Waals surface area contributed by atoms with Crippen LogP contribution in [0.4, 0.5) is 0 Å². The minimum Gasteiger partial charge on any atom is -0.875 e. The number of hydrogen-bond acceptors (Lipinski definition) is 8. The van der Waals surface area contributed by atoms with E-state index < -0.39 is 11.9 Å². The Hall–Kier alpha value is -1.35. The largest absolute Gasteiger partial charge is 4.00 e. The Morgan fingerprint density at radius 3 is 0.977 bits per heavy atom. The normalized spacial score (nSPS) is 36.0. The van der Waals surface area contributed by atoms with Gasteiger partial charge in [-0.05, 0) is 137 Å². The summed E-state index contributed by atoms with van der Waals surface area (Å²) in [5, 5.41) is 42.7. The van der Waals surface area contributed by atoms with E-state index in [1.807, 2.05) is 0 Å². The maximum atomic E-state index is 12.4. The van der Waals surface area contributed by atoms with Crippen LogP contribution in [0.2, 0.25) is 0 Å². The minimum atomic E-state index is -0.460. The number of carbonyl (C=O) groups is 2. The fraction of sp³-hybridized carbons (Fsp3) is 0.824. The van der Waals surface area contributed by atoms with Gasteiger partial charge >= 0.3 is 33.7 Å². The predicted molar refractivity (Wildman–Crippen MR) is 152 cm³/mol. The summed E-state index contributed by atoms with van der Waals surface area (Å²) < 4.78 is 9.72. The average Bonchev–Trinajstić information content (AvgIpc) is 2.89. The topological polar surface area (TPSA) is 145 Å². The van der Waals surface area contributed by atoms with Gasteiger partial charge in [0.15, 0.2) is 0 Å². The van der Waals surface area contributed by atoms with Crippen molar-refractivity contribution in [2.24, 2.45) is 46.3 Å². The third-order valence-electron chi connectivity index (χ3n) is 10.2. The van der Waals surface area contributed by atoms with Crippen molar-refractivity contribution < 1.29 is 61.2 Å². The molecule has 8 nitrogen and oxygen atoms in total. The van der Waals surface area contributed by atoms with Gasteiger partial charge in [-0.15, -0.1) is 24.7 Å². The molecule has 0 N–H and O–H groups in total. The molecule has 9 heteroatoms. The number of carbonyl (C=O) groups excluding carboxylic acids is 2. The molecule has 0 unspecified atom stereocenters. The summed E-state index contributed by atoms with van der Waals surface area (Å²) in [6.07, 6.45) is 16.4. The Kier molecular flexibility index (Phi) is 15.3. The molecule has 8 aliphatic rings. The first-order chi connectivity index (χ1) is 20.0. The van der Waals surface area contributed by atoms with Crippen molar-refractivity contribution in [2.75, 3.05) is 26.4 Å². The van der Waals surface area contributed by atoms with E-state index in [-0.39, 0.29) is 57.3 Å². The fourth-order valence-corrected chi connectivity index (χ4v) is 9.71. The molecule has 0 aromatic carbocycles. The first kappa shape index (κ1) is 37.8. The summed E-state index contributed by atoms with van der Waals surface area (Å²) in [5.74, 6) is 3.56. The summed E-state index contributed by atoms with van der Waals surface area (Å²) in [6.45, 7) is 7.34. The van der Waals surface area contributed by atoms with Gasteiger partial charge in [0.05, 0.1) is 13.2 Å². The zero-order valence-corrected chi connectivity index (χ0v) is 28.3. The molecule has 0 heterocycles. The van der Waals surface area contributed by atoms with E-state index in [1.54, 1.807) is 27.7 Å².